The molecule has 2 saturated heterocycles. The predicted molar refractivity (Wildman–Crippen MR) is 156 cm³/mol. The van der Waals surface area contributed by atoms with E-state index in [9.17, 15) is 4.79 Å². The number of nitrogens with zero attached hydrogens (tertiary/aromatic N) is 3. The van der Waals surface area contributed by atoms with Crippen molar-refractivity contribution in [2.45, 2.75) is 44.9 Å². The van der Waals surface area contributed by atoms with Crippen LogP contribution in [-0.2, 0) is 6.42 Å². The second-order valence-electron chi connectivity index (χ2n) is 10.9. The summed E-state index contributed by atoms with van der Waals surface area (Å²) in [5, 5.41) is 2.17. The minimum Gasteiger partial charge on any atom is -0.494 e. The van der Waals surface area contributed by atoms with Crippen LogP contribution in [0.1, 0.15) is 54.4 Å². The van der Waals surface area contributed by atoms with E-state index in [1.807, 2.05) is 35.2 Å². The Bertz CT molecular complexity index is 1140. The number of carbonyl (C=O) groups excluding carboxylic acids is 1. The third-order valence-corrected chi connectivity index (χ3v) is 8.16. The molecule has 0 unspecified atom stereocenters. The summed E-state index contributed by atoms with van der Waals surface area (Å²) >= 11 is 0. The van der Waals surface area contributed by atoms with Gasteiger partial charge in [-0.05, 0) is 73.3 Å². The SMILES string of the molecule is O=C(c1cccc2ccccc12)N1CCN(CCc2ccc(OCCCN3CCCCCCC3)cc2)CC1. The number of benzene rings is 3. The first-order valence-electron chi connectivity index (χ1n) is 14.7. The third kappa shape index (κ3) is 7.36. The first-order chi connectivity index (χ1) is 18.8. The van der Waals surface area contributed by atoms with Crippen LogP contribution in [-0.4, -0.2) is 79.6 Å². The standard InChI is InChI=1S/C33H43N3O2/c37-33(32-13-8-11-29-10-4-5-12-31(29)32)36-25-23-35(24-26-36)22-18-28-14-16-30(17-15-28)38-27-9-21-34-19-6-2-1-3-7-20-34/h4-5,8,10-17H,1-3,6-7,9,18-27H2. The molecule has 2 fully saturated rings. The monoisotopic (exact) mass is 513 g/mol. The smallest absolute Gasteiger partial charge is 0.254 e. The number of likely N-dealkylation sites (tertiary alicyclic amines) is 1. The zero-order valence-corrected chi connectivity index (χ0v) is 22.8. The van der Waals surface area contributed by atoms with E-state index in [2.05, 4.69) is 46.2 Å². The van der Waals surface area contributed by atoms with Crippen molar-refractivity contribution in [3.8, 4) is 5.75 Å². The van der Waals surface area contributed by atoms with Crippen LogP contribution < -0.4 is 4.74 Å². The van der Waals surface area contributed by atoms with E-state index >= 15 is 0 Å². The maximum atomic E-state index is 13.2. The summed E-state index contributed by atoms with van der Waals surface area (Å²) in [6.07, 6.45) is 9.01. The molecule has 0 atom stereocenters. The molecule has 0 spiro atoms. The van der Waals surface area contributed by atoms with E-state index < -0.39 is 0 Å². The molecule has 0 saturated carbocycles. The van der Waals surface area contributed by atoms with Crippen molar-refractivity contribution in [2.75, 3.05) is 59.0 Å². The van der Waals surface area contributed by atoms with E-state index in [1.165, 1.54) is 50.8 Å². The number of piperazine rings is 1. The molecule has 202 valence electrons. The summed E-state index contributed by atoms with van der Waals surface area (Å²) < 4.78 is 6.03. The van der Waals surface area contributed by atoms with Crippen molar-refractivity contribution >= 4 is 16.7 Å². The fourth-order valence-corrected chi connectivity index (χ4v) is 5.81. The molecule has 5 nitrogen and oxygen atoms in total. The predicted octanol–water partition coefficient (Wildman–Crippen LogP) is 5.88. The lowest BCUT2D eigenvalue weighted by Crippen LogP contribution is -2.49. The van der Waals surface area contributed by atoms with E-state index in [0.29, 0.717) is 0 Å². The molecule has 5 rings (SSSR count). The highest BCUT2D eigenvalue weighted by molar-refractivity contribution is 6.07. The van der Waals surface area contributed by atoms with Crippen LogP contribution in [0.2, 0.25) is 0 Å². The van der Waals surface area contributed by atoms with Gasteiger partial charge in [-0.15, -0.1) is 0 Å². The molecule has 38 heavy (non-hydrogen) atoms. The summed E-state index contributed by atoms with van der Waals surface area (Å²) in [6.45, 7) is 8.89. The maximum Gasteiger partial charge on any atom is 0.254 e. The van der Waals surface area contributed by atoms with E-state index in [0.717, 1.165) is 80.8 Å². The second-order valence-corrected chi connectivity index (χ2v) is 10.9. The van der Waals surface area contributed by atoms with Gasteiger partial charge in [0.25, 0.3) is 5.91 Å². The normalized spacial score (nSPS) is 17.7. The number of hydrogen-bond acceptors (Lipinski definition) is 4. The van der Waals surface area contributed by atoms with Crippen LogP contribution in [0.4, 0.5) is 0 Å². The van der Waals surface area contributed by atoms with Crippen LogP contribution in [0.15, 0.2) is 66.7 Å². The zero-order chi connectivity index (χ0) is 26.0. The highest BCUT2D eigenvalue weighted by Crippen LogP contribution is 2.21. The lowest BCUT2D eigenvalue weighted by Gasteiger charge is -2.35. The van der Waals surface area contributed by atoms with Gasteiger partial charge >= 0.3 is 0 Å². The van der Waals surface area contributed by atoms with Gasteiger partial charge in [-0.3, -0.25) is 9.69 Å². The summed E-state index contributed by atoms with van der Waals surface area (Å²) in [5.41, 5.74) is 2.16. The van der Waals surface area contributed by atoms with Gasteiger partial charge in [-0.1, -0.05) is 67.8 Å². The Hall–Kier alpha value is -2.89. The first-order valence-corrected chi connectivity index (χ1v) is 14.7. The lowest BCUT2D eigenvalue weighted by molar-refractivity contribution is 0.0640. The molecule has 0 aliphatic carbocycles. The molecular weight excluding hydrogens is 470 g/mol. The Morgan fingerprint density at radius 2 is 1.37 bits per heavy atom. The van der Waals surface area contributed by atoms with Crippen molar-refractivity contribution in [1.29, 1.82) is 0 Å². The number of fused-ring (bicyclic) bond motifs is 1. The molecule has 5 heteroatoms. The summed E-state index contributed by atoms with van der Waals surface area (Å²) in [7, 11) is 0. The molecule has 3 aromatic carbocycles. The summed E-state index contributed by atoms with van der Waals surface area (Å²) in [4.78, 5) is 20.3. The van der Waals surface area contributed by atoms with Crippen molar-refractivity contribution < 1.29 is 9.53 Å². The zero-order valence-electron chi connectivity index (χ0n) is 22.8. The van der Waals surface area contributed by atoms with Gasteiger partial charge < -0.3 is 14.5 Å². The topological polar surface area (TPSA) is 36.0 Å². The van der Waals surface area contributed by atoms with Crippen molar-refractivity contribution in [2.24, 2.45) is 0 Å². The Morgan fingerprint density at radius 3 is 2.16 bits per heavy atom. The van der Waals surface area contributed by atoms with Gasteiger partial charge in [-0.25, -0.2) is 0 Å². The van der Waals surface area contributed by atoms with Crippen molar-refractivity contribution in [3.05, 3.63) is 77.9 Å². The fourth-order valence-electron chi connectivity index (χ4n) is 5.81. The molecule has 1 amide bonds. The molecular formula is C33H43N3O2. The van der Waals surface area contributed by atoms with Gasteiger partial charge in [0, 0.05) is 44.8 Å². The van der Waals surface area contributed by atoms with Crippen LogP contribution in [0.25, 0.3) is 10.8 Å². The largest absolute Gasteiger partial charge is 0.494 e. The molecule has 3 aromatic rings. The van der Waals surface area contributed by atoms with Crippen molar-refractivity contribution in [3.63, 3.8) is 0 Å². The number of ether oxygens (including phenoxy) is 1. The Morgan fingerprint density at radius 1 is 0.684 bits per heavy atom. The van der Waals surface area contributed by atoms with Gasteiger partial charge in [0.05, 0.1) is 6.61 Å². The Balaban J connectivity index is 1.01. The highest BCUT2D eigenvalue weighted by Gasteiger charge is 2.23. The lowest BCUT2D eigenvalue weighted by atomic mass is 10.0. The second kappa shape index (κ2) is 13.8. The Labute approximate surface area is 228 Å². The minimum absolute atomic E-state index is 0.152. The van der Waals surface area contributed by atoms with Crippen LogP contribution in [0.5, 0.6) is 5.75 Å². The number of rotatable bonds is 9. The molecule has 0 radical (unpaired) electrons. The molecule has 0 N–H and O–H groups in total. The highest BCUT2D eigenvalue weighted by atomic mass is 16.5. The average molecular weight is 514 g/mol. The average Bonchev–Trinajstić information content (AvgIpc) is 2.95. The van der Waals surface area contributed by atoms with Gasteiger partial charge in [0.15, 0.2) is 0 Å². The summed E-state index contributed by atoms with van der Waals surface area (Å²) in [6, 6.07) is 22.8. The Kier molecular flexibility index (Phi) is 9.68. The van der Waals surface area contributed by atoms with Crippen LogP contribution >= 0.6 is 0 Å². The minimum atomic E-state index is 0.152. The van der Waals surface area contributed by atoms with Crippen LogP contribution in [0.3, 0.4) is 0 Å². The third-order valence-electron chi connectivity index (χ3n) is 8.16. The van der Waals surface area contributed by atoms with E-state index in [-0.39, 0.29) is 5.91 Å². The van der Waals surface area contributed by atoms with Crippen LogP contribution in [0, 0.1) is 0 Å². The number of amides is 1. The van der Waals surface area contributed by atoms with Gasteiger partial charge in [0.2, 0.25) is 0 Å². The number of carbonyl (C=O) groups is 1. The first kappa shape index (κ1) is 26.7. The van der Waals surface area contributed by atoms with Crippen molar-refractivity contribution in [1.82, 2.24) is 14.7 Å². The molecule has 0 bridgehead atoms. The number of hydrogen-bond donors (Lipinski definition) is 0. The quantitative estimate of drug-likeness (QED) is 0.335. The molecule has 2 heterocycles. The van der Waals surface area contributed by atoms with Gasteiger partial charge in [0.1, 0.15) is 5.75 Å². The fraction of sp³-hybridized carbons (Fsp3) is 0.485. The van der Waals surface area contributed by atoms with Gasteiger partial charge in [-0.2, -0.15) is 0 Å². The maximum absolute atomic E-state index is 13.2. The molecule has 2 aliphatic heterocycles. The molecule has 0 aromatic heterocycles. The molecule has 2 aliphatic rings. The van der Waals surface area contributed by atoms with E-state index in [1.54, 1.807) is 0 Å². The van der Waals surface area contributed by atoms with E-state index in [4.69, 9.17) is 4.74 Å². The summed E-state index contributed by atoms with van der Waals surface area (Å²) in [5.74, 6) is 1.13.